The Balaban J connectivity index is 1.79. The number of halogens is 2. The number of amides is 1. The van der Waals surface area contributed by atoms with E-state index in [1.165, 1.54) is 6.20 Å². The van der Waals surface area contributed by atoms with Crippen LogP contribution in [-0.2, 0) is 0 Å². The minimum atomic E-state index is -0.533. The van der Waals surface area contributed by atoms with Crippen LogP contribution in [0.4, 0.5) is 5.69 Å². The molecule has 0 unspecified atom stereocenters. The highest BCUT2D eigenvalue weighted by molar-refractivity contribution is 6.41. The van der Waals surface area contributed by atoms with Crippen molar-refractivity contribution in [1.29, 1.82) is 0 Å². The average molecular weight is 404 g/mol. The molecule has 1 heterocycles. The van der Waals surface area contributed by atoms with Gasteiger partial charge in [0.2, 0.25) is 0 Å². The second kappa shape index (κ2) is 8.24. The zero-order chi connectivity index (χ0) is 19.4. The largest absolute Gasteiger partial charge is 0.494 e. The van der Waals surface area contributed by atoms with Crippen molar-refractivity contribution in [3.63, 3.8) is 0 Å². The first-order valence-electron chi connectivity index (χ1n) is 8.07. The molecule has 6 nitrogen and oxygen atoms in total. The number of hydrogen-bond acceptors (Lipinski definition) is 4. The van der Waals surface area contributed by atoms with Gasteiger partial charge in [0.25, 0.3) is 11.5 Å². The van der Waals surface area contributed by atoms with Gasteiger partial charge in [-0.05, 0) is 43.3 Å². The third-order valence-electron chi connectivity index (χ3n) is 3.65. The molecular weight excluding hydrogens is 389 g/mol. The molecule has 0 spiro atoms. The second-order valence-electron chi connectivity index (χ2n) is 5.49. The summed E-state index contributed by atoms with van der Waals surface area (Å²) in [5.74, 6) is 0.389. The van der Waals surface area contributed by atoms with Crippen molar-refractivity contribution in [3.8, 4) is 11.4 Å². The molecule has 0 aliphatic heterocycles. The molecule has 1 N–H and O–H groups in total. The Hall–Kier alpha value is -2.83. The van der Waals surface area contributed by atoms with Gasteiger partial charge in [0.05, 0.1) is 23.5 Å². The predicted molar refractivity (Wildman–Crippen MR) is 105 cm³/mol. The maximum Gasteiger partial charge on any atom is 0.291 e. The summed E-state index contributed by atoms with van der Waals surface area (Å²) in [4.78, 5) is 24.6. The smallest absolute Gasteiger partial charge is 0.291 e. The van der Waals surface area contributed by atoms with Gasteiger partial charge in [0, 0.05) is 17.3 Å². The summed E-state index contributed by atoms with van der Waals surface area (Å²) in [5, 5.41) is 6.73. The van der Waals surface area contributed by atoms with Crippen LogP contribution in [0, 0.1) is 0 Å². The lowest BCUT2D eigenvalue weighted by atomic mass is 10.2. The molecule has 0 aliphatic carbocycles. The molecule has 0 saturated carbocycles. The van der Waals surface area contributed by atoms with E-state index in [9.17, 15) is 9.59 Å². The van der Waals surface area contributed by atoms with Crippen molar-refractivity contribution in [3.05, 3.63) is 80.7 Å². The molecule has 0 atom stereocenters. The number of nitrogens with one attached hydrogen (secondary N) is 1. The fraction of sp³-hybridized carbons (Fsp3) is 0.105. The number of nitrogens with zero attached hydrogens (tertiary/aromatic N) is 2. The average Bonchev–Trinajstić information content (AvgIpc) is 2.67. The summed E-state index contributed by atoms with van der Waals surface area (Å²) >= 11 is 11.6. The molecule has 0 saturated heterocycles. The summed E-state index contributed by atoms with van der Waals surface area (Å²) in [5.41, 5.74) is 0.980. The first-order chi connectivity index (χ1) is 13.0. The van der Waals surface area contributed by atoms with Crippen molar-refractivity contribution >= 4 is 34.8 Å². The summed E-state index contributed by atoms with van der Waals surface area (Å²) in [6, 6.07) is 13.5. The van der Waals surface area contributed by atoms with Gasteiger partial charge >= 0.3 is 0 Å². The first-order valence-corrected chi connectivity index (χ1v) is 8.83. The summed E-state index contributed by atoms with van der Waals surface area (Å²) in [6.07, 6.45) is 1.29. The quantitative estimate of drug-likeness (QED) is 0.692. The van der Waals surface area contributed by atoms with E-state index in [0.29, 0.717) is 29.3 Å². The predicted octanol–water partition coefficient (Wildman–Crippen LogP) is 4.19. The Labute approximate surface area is 165 Å². The van der Waals surface area contributed by atoms with Crippen LogP contribution in [0.25, 0.3) is 5.69 Å². The van der Waals surface area contributed by atoms with Gasteiger partial charge in [-0.1, -0.05) is 29.3 Å². The van der Waals surface area contributed by atoms with Crippen LogP contribution in [0.2, 0.25) is 10.0 Å². The number of benzene rings is 2. The third kappa shape index (κ3) is 4.30. The second-order valence-corrected chi connectivity index (χ2v) is 6.27. The van der Waals surface area contributed by atoms with E-state index < -0.39 is 5.56 Å². The summed E-state index contributed by atoms with van der Waals surface area (Å²) in [7, 11) is 0. The maximum atomic E-state index is 12.4. The van der Waals surface area contributed by atoms with Crippen molar-refractivity contribution in [2.24, 2.45) is 0 Å². The van der Waals surface area contributed by atoms with Crippen LogP contribution in [-0.4, -0.2) is 22.3 Å². The summed E-state index contributed by atoms with van der Waals surface area (Å²) in [6.45, 7) is 2.43. The maximum absolute atomic E-state index is 12.4. The third-order valence-corrected chi connectivity index (χ3v) is 4.40. The number of carbonyl (C=O) groups is 1. The van der Waals surface area contributed by atoms with Gasteiger partial charge in [-0.15, -0.1) is 0 Å². The van der Waals surface area contributed by atoms with Crippen LogP contribution >= 0.6 is 23.2 Å². The topological polar surface area (TPSA) is 73.2 Å². The molecule has 0 bridgehead atoms. The van der Waals surface area contributed by atoms with Crippen LogP contribution in [0.1, 0.15) is 17.3 Å². The molecule has 2 aromatic carbocycles. The van der Waals surface area contributed by atoms with Gasteiger partial charge in [0.1, 0.15) is 10.8 Å². The van der Waals surface area contributed by atoms with Crippen molar-refractivity contribution in [1.82, 2.24) is 9.78 Å². The highest BCUT2D eigenvalue weighted by atomic mass is 35.5. The molecule has 0 aliphatic rings. The van der Waals surface area contributed by atoms with E-state index in [2.05, 4.69) is 10.4 Å². The van der Waals surface area contributed by atoms with E-state index >= 15 is 0 Å². The Morgan fingerprint density at radius 1 is 1.19 bits per heavy atom. The van der Waals surface area contributed by atoms with Crippen molar-refractivity contribution in [2.75, 3.05) is 11.9 Å². The standard InChI is InChI=1S/C19H15Cl2N3O3/c1-2-27-15-5-3-4-13(10-15)23-18(25)12-6-8-14(9-7-12)24-19(26)17(21)16(20)11-22-24/h3-11H,2H2,1H3,(H,23,25). The number of anilines is 1. The van der Waals surface area contributed by atoms with Crippen molar-refractivity contribution in [2.45, 2.75) is 6.92 Å². The number of aromatic nitrogens is 2. The SMILES string of the molecule is CCOc1cccc(NC(=O)c2ccc(-n3ncc(Cl)c(Cl)c3=O)cc2)c1. The molecule has 3 aromatic rings. The molecule has 27 heavy (non-hydrogen) atoms. The van der Waals surface area contributed by atoms with Gasteiger partial charge in [-0.3, -0.25) is 9.59 Å². The van der Waals surface area contributed by atoms with E-state index in [4.69, 9.17) is 27.9 Å². The monoisotopic (exact) mass is 403 g/mol. The minimum Gasteiger partial charge on any atom is -0.494 e. The van der Waals surface area contributed by atoms with Crippen LogP contribution < -0.4 is 15.6 Å². The zero-order valence-electron chi connectivity index (χ0n) is 14.3. The fourth-order valence-electron chi connectivity index (χ4n) is 2.38. The van der Waals surface area contributed by atoms with Gasteiger partial charge < -0.3 is 10.1 Å². The highest BCUT2D eigenvalue weighted by Gasteiger charge is 2.11. The minimum absolute atomic E-state index is 0.0863. The Bertz CT molecular complexity index is 1030. The number of ether oxygens (including phenoxy) is 1. The molecule has 0 fully saturated rings. The van der Waals surface area contributed by atoms with Crippen LogP contribution in [0.3, 0.4) is 0 Å². The number of hydrogen-bond donors (Lipinski definition) is 1. The first kappa shape index (κ1) is 18.9. The molecule has 3 rings (SSSR count). The molecule has 1 amide bonds. The number of carbonyl (C=O) groups excluding carboxylic acids is 1. The molecule has 8 heteroatoms. The van der Waals surface area contributed by atoms with E-state index in [1.807, 2.05) is 13.0 Å². The highest BCUT2D eigenvalue weighted by Crippen LogP contribution is 2.19. The van der Waals surface area contributed by atoms with Gasteiger partial charge in [-0.2, -0.15) is 9.78 Å². The molecule has 0 radical (unpaired) electrons. The van der Waals surface area contributed by atoms with E-state index in [-0.39, 0.29) is 16.0 Å². The molecule has 1 aromatic heterocycles. The lowest BCUT2D eigenvalue weighted by Gasteiger charge is -2.09. The summed E-state index contributed by atoms with van der Waals surface area (Å²) < 4.78 is 6.53. The van der Waals surface area contributed by atoms with E-state index in [0.717, 1.165) is 4.68 Å². The Morgan fingerprint density at radius 3 is 2.63 bits per heavy atom. The molecule has 138 valence electrons. The van der Waals surface area contributed by atoms with E-state index in [1.54, 1.807) is 42.5 Å². The van der Waals surface area contributed by atoms with Crippen LogP contribution in [0.15, 0.2) is 59.5 Å². The lowest BCUT2D eigenvalue weighted by Crippen LogP contribution is -2.21. The zero-order valence-corrected chi connectivity index (χ0v) is 15.8. The lowest BCUT2D eigenvalue weighted by molar-refractivity contribution is 0.102. The van der Waals surface area contributed by atoms with Crippen molar-refractivity contribution < 1.29 is 9.53 Å². The number of rotatable bonds is 5. The molecular formula is C19H15Cl2N3O3. The Kier molecular flexibility index (Phi) is 5.78. The van der Waals surface area contributed by atoms with Gasteiger partial charge in [0.15, 0.2) is 0 Å². The fourth-order valence-corrected chi connectivity index (χ4v) is 2.64. The normalized spacial score (nSPS) is 10.5. The Morgan fingerprint density at radius 2 is 1.93 bits per heavy atom. The van der Waals surface area contributed by atoms with Crippen LogP contribution in [0.5, 0.6) is 5.75 Å². The van der Waals surface area contributed by atoms with Gasteiger partial charge in [-0.25, -0.2) is 0 Å².